The number of thiazole rings is 1. The van der Waals surface area contributed by atoms with Crippen LogP contribution in [0.2, 0.25) is 0 Å². The second-order valence-corrected chi connectivity index (χ2v) is 6.09. The molecule has 1 N–H and O–H groups in total. The van der Waals surface area contributed by atoms with Crippen LogP contribution in [-0.4, -0.2) is 17.2 Å². The van der Waals surface area contributed by atoms with Gasteiger partial charge in [0.1, 0.15) is 0 Å². The Morgan fingerprint density at radius 2 is 1.90 bits per heavy atom. The third kappa shape index (κ3) is 3.29. The SMILES string of the molecule is COCc1ccc(C(O)Cc2nc3ccccc3s2)cc1. The lowest BCUT2D eigenvalue weighted by Gasteiger charge is -2.10. The van der Waals surface area contributed by atoms with Gasteiger partial charge in [-0.15, -0.1) is 11.3 Å². The van der Waals surface area contributed by atoms with Crippen LogP contribution in [0.1, 0.15) is 22.2 Å². The van der Waals surface area contributed by atoms with Gasteiger partial charge in [0.2, 0.25) is 0 Å². The van der Waals surface area contributed by atoms with Gasteiger partial charge in [-0.3, -0.25) is 0 Å². The number of methoxy groups -OCH3 is 1. The second kappa shape index (κ2) is 6.35. The minimum atomic E-state index is -0.526. The standard InChI is InChI=1S/C17H17NO2S/c1-20-11-12-6-8-13(9-7-12)15(19)10-17-18-14-4-2-3-5-16(14)21-17/h2-9,15,19H,10-11H2,1H3. The minimum absolute atomic E-state index is 0.526. The highest BCUT2D eigenvalue weighted by Gasteiger charge is 2.12. The van der Waals surface area contributed by atoms with Crippen molar-refractivity contribution in [3.8, 4) is 0 Å². The highest BCUT2D eigenvalue weighted by atomic mass is 32.1. The number of aliphatic hydroxyl groups is 1. The molecule has 3 nitrogen and oxygen atoms in total. The summed E-state index contributed by atoms with van der Waals surface area (Å²) in [4.78, 5) is 4.56. The smallest absolute Gasteiger partial charge is 0.0967 e. The molecule has 108 valence electrons. The normalized spacial score (nSPS) is 12.7. The van der Waals surface area contributed by atoms with Crippen molar-refractivity contribution in [2.75, 3.05) is 7.11 Å². The van der Waals surface area contributed by atoms with Crippen LogP contribution in [0.15, 0.2) is 48.5 Å². The third-order valence-electron chi connectivity index (χ3n) is 3.38. The number of ether oxygens (including phenoxy) is 1. The minimum Gasteiger partial charge on any atom is -0.388 e. The Morgan fingerprint density at radius 3 is 2.62 bits per heavy atom. The van der Waals surface area contributed by atoms with Crippen molar-refractivity contribution in [2.45, 2.75) is 19.1 Å². The molecule has 0 radical (unpaired) electrons. The van der Waals surface area contributed by atoms with E-state index < -0.39 is 6.10 Å². The molecule has 1 heterocycles. The molecule has 3 rings (SSSR count). The van der Waals surface area contributed by atoms with Crippen LogP contribution in [-0.2, 0) is 17.8 Å². The van der Waals surface area contributed by atoms with Crippen LogP contribution in [0.25, 0.3) is 10.2 Å². The lowest BCUT2D eigenvalue weighted by Crippen LogP contribution is -2.01. The summed E-state index contributed by atoms with van der Waals surface area (Å²) in [6.07, 6.45) is 0.0188. The van der Waals surface area contributed by atoms with Gasteiger partial charge in [-0.2, -0.15) is 0 Å². The number of para-hydroxylation sites is 1. The van der Waals surface area contributed by atoms with E-state index in [-0.39, 0.29) is 0 Å². The van der Waals surface area contributed by atoms with Crippen LogP contribution in [0, 0.1) is 0 Å². The fourth-order valence-corrected chi connectivity index (χ4v) is 3.30. The van der Waals surface area contributed by atoms with Gasteiger partial charge < -0.3 is 9.84 Å². The molecule has 0 spiro atoms. The zero-order valence-electron chi connectivity index (χ0n) is 11.8. The molecular weight excluding hydrogens is 282 g/mol. The molecule has 4 heteroatoms. The number of rotatable bonds is 5. The Kier molecular flexibility index (Phi) is 4.29. The van der Waals surface area contributed by atoms with Crippen molar-refractivity contribution in [3.05, 3.63) is 64.7 Å². The van der Waals surface area contributed by atoms with E-state index >= 15 is 0 Å². The number of aromatic nitrogens is 1. The van der Waals surface area contributed by atoms with Gasteiger partial charge in [-0.05, 0) is 23.3 Å². The van der Waals surface area contributed by atoms with E-state index in [2.05, 4.69) is 11.1 Å². The van der Waals surface area contributed by atoms with Gasteiger partial charge in [0, 0.05) is 13.5 Å². The van der Waals surface area contributed by atoms with Crippen molar-refractivity contribution in [2.24, 2.45) is 0 Å². The fourth-order valence-electron chi connectivity index (χ4n) is 2.29. The Morgan fingerprint density at radius 1 is 1.14 bits per heavy atom. The van der Waals surface area contributed by atoms with Crippen LogP contribution >= 0.6 is 11.3 Å². The molecule has 0 saturated heterocycles. The molecule has 0 saturated carbocycles. The average molecular weight is 299 g/mol. The van der Waals surface area contributed by atoms with E-state index in [4.69, 9.17) is 4.74 Å². The summed E-state index contributed by atoms with van der Waals surface area (Å²) in [5.74, 6) is 0. The fraction of sp³-hybridized carbons (Fsp3) is 0.235. The van der Waals surface area contributed by atoms with Crippen molar-refractivity contribution in [3.63, 3.8) is 0 Å². The van der Waals surface area contributed by atoms with Crippen LogP contribution in [0.3, 0.4) is 0 Å². The maximum absolute atomic E-state index is 10.4. The molecule has 0 fully saturated rings. The zero-order valence-corrected chi connectivity index (χ0v) is 12.6. The zero-order chi connectivity index (χ0) is 14.7. The quantitative estimate of drug-likeness (QED) is 0.781. The Hall–Kier alpha value is -1.75. The molecular formula is C17H17NO2S. The van der Waals surface area contributed by atoms with Crippen molar-refractivity contribution < 1.29 is 9.84 Å². The highest BCUT2D eigenvalue weighted by molar-refractivity contribution is 7.18. The van der Waals surface area contributed by atoms with E-state index in [1.54, 1.807) is 18.4 Å². The van der Waals surface area contributed by atoms with E-state index in [0.29, 0.717) is 13.0 Å². The summed E-state index contributed by atoms with van der Waals surface area (Å²) in [7, 11) is 1.68. The van der Waals surface area contributed by atoms with Gasteiger partial charge in [-0.25, -0.2) is 4.98 Å². The first-order chi connectivity index (χ1) is 10.3. The Labute approximate surface area is 127 Å². The van der Waals surface area contributed by atoms with Crippen LogP contribution in [0.4, 0.5) is 0 Å². The molecule has 21 heavy (non-hydrogen) atoms. The lowest BCUT2D eigenvalue weighted by molar-refractivity contribution is 0.177. The summed E-state index contributed by atoms with van der Waals surface area (Å²) in [5.41, 5.74) is 3.02. The molecule has 0 bridgehead atoms. The Balaban J connectivity index is 1.74. The van der Waals surface area contributed by atoms with Gasteiger partial charge in [0.15, 0.2) is 0 Å². The number of aliphatic hydroxyl groups excluding tert-OH is 1. The molecule has 1 aromatic heterocycles. The molecule has 0 aliphatic rings. The summed E-state index contributed by atoms with van der Waals surface area (Å²) in [5, 5.41) is 11.3. The van der Waals surface area contributed by atoms with Crippen LogP contribution in [0.5, 0.6) is 0 Å². The lowest BCUT2D eigenvalue weighted by atomic mass is 10.1. The van der Waals surface area contributed by atoms with E-state index in [1.165, 1.54) is 0 Å². The molecule has 2 aromatic carbocycles. The van der Waals surface area contributed by atoms with Gasteiger partial charge >= 0.3 is 0 Å². The monoisotopic (exact) mass is 299 g/mol. The summed E-state index contributed by atoms with van der Waals surface area (Å²) < 4.78 is 6.25. The first-order valence-corrected chi connectivity index (χ1v) is 7.68. The second-order valence-electron chi connectivity index (χ2n) is 4.97. The number of fused-ring (bicyclic) bond motifs is 1. The first kappa shape index (κ1) is 14.2. The molecule has 1 atom stereocenters. The van der Waals surface area contributed by atoms with Gasteiger partial charge in [-0.1, -0.05) is 36.4 Å². The van der Waals surface area contributed by atoms with Crippen LogP contribution < -0.4 is 0 Å². The molecule has 0 aliphatic heterocycles. The van der Waals surface area contributed by atoms with Crippen molar-refractivity contribution in [1.82, 2.24) is 4.98 Å². The van der Waals surface area contributed by atoms with Crippen molar-refractivity contribution in [1.29, 1.82) is 0 Å². The largest absolute Gasteiger partial charge is 0.388 e. The molecule has 0 amide bonds. The predicted octanol–water partition coefficient (Wildman–Crippen LogP) is 3.72. The maximum Gasteiger partial charge on any atom is 0.0967 e. The number of hydrogen-bond acceptors (Lipinski definition) is 4. The van der Waals surface area contributed by atoms with E-state index in [9.17, 15) is 5.11 Å². The molecule has 3 aromatic rings. The number of benzene rings is 2. The third-order valence-corrected chi connectivity index (χ3v) is 4.44. The Bertz CT molecular complexity index is 688. The highest BCUT2D eigenvalue weighted by Crippen LogP contribution is 2.26. The number of hydrogen-bond donors (Lipinski definition) is 1. The van der Waals surface area contributed by atoms with Gasteiger partial charge in [0.25, 0.3) is 0 Å². The summed E-state index contributed by atoms with van der Waals surface area (Å²) in [6, 6.07) is 15.9. The van der Waals surface area contributed by atoms with E-state index in [0.717, 1.165) is 26.4 Å². The molecule has 0 aliphatic carbocycles. The van der Waals surface area contributed by atoms with Crippen molar-refractivity contribution >= 4 is 21.6 Å². The topological polar surface area (TPSA) is 42.4 Å². The average Bonchev–Trinajstić information content (AvgIpc) is 2.90. The predicted molar refractivity (Wildman–Crippen MR) is 85.4 cm³/mol. The number of nitrogens with zero attached hydrogens (tertiary/aromatic N) is 1. The van der Waals surface area contributed by atoms with Gasteiger partial charge in [0.05, 0.1) is 27.9 Å². The summed E-state index contributed by atoms with van der Waals surface area (Å²) >= 11 is 1.64. The maximum atomic E-state index is 10.4. The molecule has 1 unspecified atom stereocenters. The summed E-state index contributed by atoms with van der Waals surface area (Å²) in [6.45, 7) is 0.592. The first-order valence-electron chi connectivity index (χ1n) is 6.86. The van der Waals surface area contributed by atoms with E-state index in [1.807, 2.05) is 42.5 Å².